The van der Waals surface area contributed by atoms with Crippen LogP contribution in [-0.4, -0.2) is 37.2 Å². The van der Waals surface area contributed by atoms with Crippen LogP contribution in [0.4, 0.5) is 0 Å². The lowest BCUT2D eigenvalue weighted by atomic mass is 10.1. The van der Waals surface area contributed by atoms with Gasteiger partial charge in [0.2, 0.25) is 0 Å². The third kappa shape index (κ3) is 4.23. The van der Waals surface area contributed by atoms with Gasteiger partial charge in [0.05, 0.1) is 18.6 Å². The quantitative estimate of drug-likeness (QED) is 0.632. The van der Waals surface area contributed by atoms with Crippen molar-refractivity contribution in [2.45, 2.75) is 6.42 Å². The average molecular weight is 322 g/mol. The number of benzene rings is 1. The molecule has 0 atom stereocenters. The average Bonchev–Trinajstić information content (AvgIpc) is 2.37. The van der Waals surface area contributed by atoms with Crippen LogP contribution in [0.3, 0.4) is 0 Å². The number of esters is 1. The van der Waals surface area contributed by atoms with E-state index in [0.717, 1.165) is 0 Å². The Morgan fingerprint density at radius 3 is 2.47 bits per heavy atom. The highest BCUT2D eigenvalue weighted by molar-refractivity contribution is 7.80. The van der Waals surface area contributed by atoms with Gasteiger partial charge in [-0.1, -0.05) is 29.3 Å². The molecule has 4 nitrogen and oxygen atoms in total. The van der Waals surface area contributed by atoms with E-state index in [9.17, 15) is 4.79 Å². The van der Waals surface area contributed by atoms with E-state index >= 15 is 0 Å². The third-order valence-corrected chi connectivity index (χ3v) is 3.60. The van der Waals surface area contributed by atoms with Gasteiger partial charge in [0.1, 0.15) is 10.8 Å². The lowest BCUT2D eigenvalue weighted by Crippen LogP contribution is -2.25. The number of nitrogens with zero attached hydrogens (tertiary/aromatic N) is 1. The maximum atomic E-state index is 11.2. The molecule has 1 aromatic carbocycles. The molecule has 7 heteroatoms. The van der Waals surface area contributed by atoms with Crippen LogP contribution >= 0.6 is 35.4 Å². The Kier molecular flexibility index (Phi) is 5.85. The summed E-state index contributed by atoms with van der Waals surface area (Å²) in [5.41, 5.74) is 0.571. The van der Waals surface area contributed by atoms with Gasteiger partial charge in [-0.15, -0.1) is 0 Å². The van der Waals surface area contributed by atoms with E-state index in [1.165, 1.54) is 7.11 Å². The summed E-state index contributed by atoms with van der Waals surface area (Å²) in [6, 6.07) is 3.26. The molecule has 19 heavy (non-hydrogen) atoms. The number of hydrogen-bond acceptors (Lipinski definition) is 4. The maximum Gasteiger partial charge on any atom is 0.310 e. The molecule has 0 fully saturated rings. The van der Waals surface area contributed by atoms with E-state index in [4.69, 9.17) is 40.2 Å². The second-order valence-corrected chi connectivity index (χ2v) is 4.97. The van der Waals surface area contributed by atoms with E-state index in [1.54, 1.807) is 31.1 Å². The summed E-state index contributed by atoms with van der Waals surface area (Å²) in [5, 5.41) is 0.733. The molecule has 0 radical (unpaired) electrons. The van der Waals surface area contributed by atoms with Gasteiger partial charge in [-0.2, -0.15) is 0 Å². The molecule has 0 spiro atoms. The normalized spacial score (nSPS) is 9.95. The van der Waals surface area contributed by atoms with Gasteiger partial charge in [0, 0.05) is 14.1 Å². The number of rotatable bonds is 3. The monoisotopic (exact) mass is 321 g/mol. The van der Waals surface area contributed by atoms with Crippen LogP contribution in [-0.2, 0) is 16.0 Å². The summed E-state index contributed by atoms with van der Waals surface area (Å²) in [4.78, 5) is 12.8. The molecule has 0 heterocycles. The van der Waals surface area contributed by atoms with E-state index in [0.29, 0.717) is 11.3 Å². The van der Waals surface area contributed by atoms with Crippen LogP contribution < -0.4 is 4.74 Å². The summed E-state index contributed by atoms with van der Waals surface area (Å²) >= 11 is 17.2. The third-order valence-electron chi connectivity index (χ3n) is 2.25. The lowest BCUT2D eigenvalue weighted by Gasteiger charge is -2.16. The summed E-state index contributed by atoms with van der Waals surface area (Å²) in [7, 11) is 4.82. The minimum atomic E-state index is -0.393. The van der Waals surface area contributed by atoms with Crippen LogP contribution in [0.5, 0.6) is 5.75 Å². The smallest absolute Gasteiger partial charge is 0.310 e. The zero-order valence-electron chi connectivity index (χ0n) is 10.7. The van der Waals surface area contributed by atoms with Gasteiger partial charge in [0.25, 0.3) is 5.17 Å². The Balaban J connectivity index is 2.97. The first-order valence-corrected chi connectivity index (χ1v) is 6.46. The Bertz CT molecular complexity index is 506. The molecule has 1 rings (SSSR count). The Morgan fingerprint density at radius 1 is 1.32 bits per heavy atom. The fraction of sp³-hybridized carbons (Fsp3) is 0.333. The number of thiocarbonyl (C=S) groups is 1. The second kappa shape index (κ2) is 6.93. The zero-order chi connectivity index (χ0) is 14.6. The van der Waals surface area contributed by atoms with Crippen molar-refractivity contribution >= 4 is 46.6 Å². The molecule has 0 unspecified atom stereocenters. The molecule has 0 N–H and O–H groups in total. The van der Waals surface area contributed by atoms with Crippen molar-refractivity contribution in [1.82, 2.24) is 4.90 Å². The zero-order valence-corrected chi connectivity index (χ0v) is 13.0. The van der Waals surface area contributed by atoms with E-state index in [1.807, 2.05) is 0 Å². The molecule has 0 aliphatic carbocycles. The minimum Gasteiger partial charge on any atom is -0.469 e. The highest BCUT2D eigenvalue weighted by Gasteiger charge is 2.15. The summed E-state index contributed by atoms with van der Waals surface area (Å²) in [6.07, 6.45) is 0.0491. The molecule has 0 saturated heterocycles. The topological polar surface area (TPSA) is 38.8 Å². The number of carbonyl (C=O) groups excluding carboxylic acids is 1. The van der Waals surface area contributed by atoms with Crippen LogP contribution in [0, 0.1) is 0 Å². The second-order valence-electron chi connectivity index (χ2n) is 3.87. The van der Waals surface area contributed by atoms with Crippen molar-refractivity contribution in [1.29, 1.82) is 0 Å². The van der Waals surface area contributed by atoms with E-state index in [-0.39, 0.29) is 21.6 Å². The van der Waals surface area contributed by atoms with E-state index in [2.05, 4.69) is 4.74 Å². The minimum absolute atomic E-state index is 0.0491. The highest BCUT2D eigenvalue weighted by Crippen LogP contribution is 2.35. The van der Waals surface area contributed by atoms with Crippen molar-refractivity contribution in [2.75, 3.05) is 21.2 Å². The van der Waals surface area contributed by atoms with Crippen molar-refractivity contribution in [3.8, 4) is 5.75 Å². The summed E-state index contributed by atoms with van der Waals surface area (Å²) < 4.78 is 9.97. The number of methoxy groups -OCH3 is 1. The number of carbonyl (C=O) groups is 1. The Hall–Kier alpha value is -1.04. The Morgan fingerprint density at radius 2 is 1.95 bits per heavy atom. The Labute approximate surface area is 127 Å². The molecule has 104 valence electrons. The van der Waals surface area contributed by atoms with Crippen LogP contribution in [0.1, 0.15) is 5.56 Å². The van der Waals surface area contributed by atoms with Crippen molar-refractivity contribution < 1.29 is 14.3 Å². The fourth-order valence-electron chi connectivity index (χ4n) is 1.20. The standard InChI is InChI=1S/C12H13Cl2NO3S/c1-15(2)12(19)18-8-5-4-7(6-9(16)17-3)10(13)11(8)14/h4-5H,6H2,1-3H3. The number of hydrogen-bond donors (Lipinski definition) is 0. The SMILES string of the molecule is COC(=O)Cc1ccc(OC(=S)N(C)C)c(Cl)c1Cl. The molecule has 1 aromatic rings. The summed E-state index contributed by atoms with van der Waals surface area (Å²) in [6.45, 7) is 0. The van der Waals surface area contributed by atoms with Gasteiger partial charge >= 0.3 is 5.97 Å². The molecule has 0 aliphatic heterocycles. The highest BCUT2D eigenvalue weighted by atomic mass is 35.5. The molecule has 0 aromatic heterocycles. The molecular formula is C12H13Cl2NO3S. The first-order chi connectivity index (χ1) is 8.86. The van der Waals surface area contributed by atoms with Gasteiger partial charge in [0.15, 0.2) is 0 Å². The first-order valence-electron chi connectivity index (χ1n) is 5.29. The first kappa shape index (κ1) is 16.0. The van der Waals surface area contributed by atoms with E-state index < -0.39 is 5.97 Å². The predicted molar refractivity (Wildman–Crippen MR) is 79.1 cm³/mol. The lowest BCUT2D eigenvalue weighted by molar-refractivity contribution is -0.139. The van der Waals surface area contributed by atoms with Gasteiger partial charge in [-0.05, 0) is 23.8 Å². The van der Waals surface area contributed by atoms with Crippen molar-refractivity contribution in [2.24, 2.45) is 0 Å². The molecule has 0 amide bonds. The fourth-order valence-corrected chi connectivity index (χ4v) is 1.74. The van der Waals surface area contributed by atoms with Gasteiger partial charge < -0.3 is 14.4 Å². The summed E-state index contributed by atoms with van der Waals surface area (Å²) in [5.74, 6) is -0.0468. The number of ether oxygens (including phenoxy) is 2. The molecule has 0 aliphatic rings. The van der Waals surface area contributed by atoms with Crippen molar-refractivity contribution in [3.63, 3.8) is 0 Å². The van der Waals surface area contributed by atoms with Crippen molar-refractivity contribution in [3.05, 3.63) is 27.7 Å². The van der Waals surface area contributed by atoms with Gasteiger partial charge in [-0.25, -0.2) is 0 Å². The van der Waals surface area contributed by atoms with Gasteiger partial charge in [-0.3, -0.25) is 4.79 Å². The number of halogens is 2. The molecule has 0 bridgehead atoms. The predicted octanol–water partition coefficient (Wildman–Crippen LogP) is 2.93. The largest absolute Gasteiger partial charge is 0.469 e. The van der Waals surface area contributed by atoms with Crippen LogP contribution in [0.2, 0.25) is 10.0 Å². The molecule has 0 saturated carbocycles. The van der Waals surface area contributed by atoms with Crippen LogP contribution in [0.25, 0.3) is 0 Å². The van der Waals surface area contributed by atoms with Crippen LogP contribution in [0.15, 0.2) is 12.1 Å². The maximum absolute atomic E-state index is 11.2. The molecular weight excluding hydrogens is 309 g/mol.